The molecule has 8 heteroatoms. The summed E-state index contributed by atoms with van der Waals surface area (Å²) < 4.78 is 5.78. The maximum atomic E-state index is 13.0. The largest absolute Gasteiger partial charge is 0.418 e. The number of thiophene rings is 1. The smallest absolute Gasteiger partial charge is 0.257 e. The summed E-state index contributed by atoms with van der Waals surface area (Å²) in [5.74, 6) is 1.26. The third-order valence-corrected chi connectivity index (χ3v) is 6.81. The summed E-state index contributed by atoms with van der Waals surface area (Å²) >= 11 is 1.55. The van der Waals surface area contributed by atoms with Crippen LogP contribution < -0.4 is 0 Å². The Balaban J connectivity index is 1.30. The van der Waals surface area contributed by atoms with E-state index < -0.39 is 6.10 Å². The minimum Gasteiger partial charge on any atom is -0.418 e. The van der Waals surface area contributed by atoms with Gasteiger partial charge in [-0.2, -0.15) is 0 Å². The molecule has 0 radical (unpaired) electrons. The Morgan fingerprint density at radius 2 is 2.00 bits per heavy atom. The van der Waals surface area contributed by atoms with E-state index in [1.165, 1.54) is 0 Å². The Morgan fingerprint density at radius 3 is 2.69 bits per heavy atom. The fourth-order valence-corrected chi connectivity index (χ4v) is 4.83. The van der Waals surface area contributed by atoms with Gasteiger partial charge in [0, 0.05) is 6.54 Å². The number of aliphatic hydroxyl groups is 1. The van der Waals surface area contributed by atoms with Crippen LogP contribution in [0.25, 0.3) is 10.8 Å². The van der Waals surface area contributed by atoms with Crippen molar-refractivity contribution in [1.82, 2.24) is 20.0 Å². The summed E-state index contributed by atoms with van der Waals surface area (Å²) in [6, 6.07) is 13.7. The van der Waals surface area contributed by atoms with E-state index in [4.69, 9.17) is 4.42 Å². The van der Waals surface area contributed by atoms with Crippen LogP contribution in [0.3, 0.4) is 0 Å². The number of nitrogens with zero attached hydrogens (tertiary/aromatic N) is 4. The lowest BCUT2D eigenvalue weighted by molar-refractivity contribution is -0.133. The molecule has 1 amide bonds. The van der Waals surface area contributed by atoms with Crippen LogP contribution >= 0.6 is 11.3 Å². The summed E-state index contributed by atoms with van der Waals surface area (Å²) in [6.45, 7) is 5.03. The first-order chi connectivity index (χ1) is 15.6. The predicted molar refractivity (Wildman–Crippen MR) is 124 cm³/mol. The molecular weight excluding hydrogens is 424 g/mol. The highest BCUT2D eigenvalue weighted by atomic mass is 32.1. The van der Waals surface area contributed by atoms with Gasteiger partial charge in [0.15, 0.2) is 0 Å². The zero-order chi connectivity index (χ0) is 22.3. The number of piperidine rings is 1. The maximum Gasteiger partial charge on any atom is 0.257 e. The predicted octanol–water partition coefficient (Wildman–Crippen LogP) is 3.98. The molecule has 1 aliphatic rings. The molecule has 0 spiro atoms. The van der Waals surface area contributed by atoms with E-state index >= 15 is 0 Å². The van der Waals surface area contributed by atoms with E-state index in [0.717, 1.165) is 42.8 Å². The van der Waals surface area contributed by atoms with Gasteiger partial charge in [-0.15, -0.1) is 21.5 Å². The van der Waals surface area contributed by atoms with Crippen LogP contribution in [0, 0.1) is 5.92 Å². The van der Waals surface area contributed by atoms with Crippen molar-refractivity contribution in [1.29, 1.82) is 0 Å². The van der Waals surface area contributed by atoms with Crippen LogP contribution in [0.2, 0.25) is 0 Å². The van der Waals surface area contributed by atoms with Crippen molar-refractivity contribution in [2.24, 2.45) is 5.92 Å². The molecule has 170 valence electrons. The fourth-order valence-electron chi connectivity index (χ4n) is 4.18. The first-order valence-corrected chi connectivity index (χ1v) is 12.1. The van der Waals surface area contributed by atoms with Crippen LogP contribution in [-0.2, 0) is 11.3 Å². The van der Waals surface area contributed by atoms with E-state index in [2.05, 4.69) is 22.0 Å². The van der Waals surface area contributed by atoms with E-state index in [9.17, 15) is 9.90 Å². The van der Waals surface area contributed by atoms with Gasteiger partial charge in [0.25, 0.3) is 5.89 Å². The molecule has 3 aromatic rings. The molecule has 3 heterocycles. The van der Waals surface area contributed by atoms with Crippen LogP contribution in [0.5, 0.6) is 0 Å². The number of carbonyl (C=O) groups excluding carboxylic acids is 1. The summed E-state index contributed by atoms with van der Waals surface area (Å²) in [5, 5.41) is 20.9. The third-order valence-electron chi connectivity index (χ3n) is 5.95. The second-order valence-electron chi connectivity index (χ2n) is 8.26. The standard InChI is InChI=1S/C24H30N4O3S/c1-2-12-28(16-21-25-26-24(31-21)20-9-6-15-32-20)22(29)17-27-13-10-19(11-14-27)23(30)18-7-4-3-5-8-18/h3-9,15,19,23,30H,2,10-14,16-17H2,1H3. The van der Waals surface area contributed by atoms with Gasteiger partial charge in [-0.25, -0.2) is 0 Å². The summed E-state index contributed by atoms with van der Waals surface area (Å²) in [7, 11) is 0. The number of rotatable bonds is 9. The van der Waals surface area contributed by atoms with E-state index in [1.54, 1.807) is 16.2 Å². The van der Waals surface area contributed by atoms with Gasteiger partial charge in [-0.1, -0.05) is 43.3 Å². The summed E-state index contributed by atoms with van der Waals surface area (Å²) in [6.07, 6.45) is 2.18. The van der Waals surface area contributed by atoms with Crippen molar-refractivity contribution in [3.63, 3.8) is 0 Å². The summed E-state index contributed by atoms with van der Waals surface area (Å²) in [5.41, 5.74) is 0.970. The van der Waals surface area contributed by atoms with Crippen molar-refractivity contribution in [3.05, 3.63) is 59.3 Å². The molecule has 4 rings (SSSR count). The molecule has 0 saturated carbocycles. The number of carbonyl (C=O) groups is 1. The number of aromatic nitrogens is 2. The number of hydrogen-bond donors (Lipinski definition) is 1. The monoisotopic (exact) mass is 454 g/mol. The lowest BCUT2D eigenvalue weighted by atomic mass is 9.87. The lowest BCUT2D eigenvalue weighted by Crippen LogP contribution is -2.44. The average Bonchev–Trinajstić information content (AvgIpc) is 3.51. The van der Waals surface area contributed by atoms with Gasteiger partial charge < -0.3 is 14.4 Å². The SMILES string of the molecule is CCCN(Cc1nnc(-c2cccs2)o1)C(=O)CN1CCC(C(O)c2ccccc2)CC1. The van der Waals surface area contributed by atoms with Gasteiger partial charge in [-0.05, 0) is 55.3 Å². The van der Waals surface area contributed by atoms with Gasteiger partial charge in [0.05, 0.1) is 24.1 Å². The number of likely N-dealkylation sites (tertiary alicyclic amines) is 1. The highest BCUT2D eigenvalue weighted by Gasteiger charge is 2.28. The molecule has 1 unspecified atom stereocenters. The van der Waals surface area contributed by atoms with Gasteiger partial charge >= 0.3 is 0 Å². The maximum absolute atomic E-state index is 13.0. The average molecular weight is 455 g/mol. The highest BCUT2D eigenvalue weighted by molar-refractivity contribution is 7.13. The molecule has 1 atom stereocenters. The van der Waals surface area contributed by atoms with Crippen molar-refractivity contribution in [3.8, 4) is 10.8 Å². The Morgan fingerprint density at radius 1 is 1.22 bits per heavy atom. The first-order valence-electron chi connectivity index (χ1n) is 11.2. The Kier molecular flexibility index (Phi) is 7.68. The molecule has 1 saturated heterocycles. The Labute approximate surface area is 192 Å². The van der Waals surface area contributed by atoms with Crippen LogP contribution in [0.15, 0.2) is 52.3 Å². The molecule has 1 fully saturated rings. The lowest BCUT2D eigenvalue weighted by Gasteiger charge is -2.35. The second kappa shape index (κ2) is 10.8. The van der Waals surface area contributed by atoms with Crippen LogP contribution in [0.4, 0.5) is 0 Å². The normalized spacial score (nSPS) is 16.2. The van der Waals surface area contributed by atoms with Crippen molar-refractivity contribution in [2.75, 3.05) is 26.2 Å². The van der Waals surface area contributed by atoms with Crippen LogP contribution in [-0.4, -0.2) is 57.2 Å². The van der Waals surface area contributed by atoms with Crippen LogP contribution in [0.1, 0.15) is 43.7 Å². The molecule has 1 aliphatic heterocycles. The molecule has 0 aliphatic carbocycles. The minimum atomic E-state index is -0.444. The molecule has 0 bridgehead atoms. The van der Waals surface area contributed by atoms with E-state index in [1.807, 2.05) is 47.8 Å². The quantitative estimate of drug-likeness (QED) is 0.527. The Hall–Kier alpha value is -2.55. The topological polar surface area (TPSA) is 82.7 Å². The third kappa shape index (κ3) is 5.62. The Bertz CT molecular complexity index is 968. The number of amides is 1. The minimum absolute atomic E-state index is 0.0739. The van der Waals surface area contributed by atoms with Gasteiger partial charge in [-0.3, -0.25) is 9.69 Å². The first kappa shape index (κ1) is 22.6. The molecule has 1 aromatic carbocycles. The number of benzene rings is 1. The van der Waals surface area contributed by atoms with Gasteiger partial charge in [0.2, 0.25) is 11.8 Å². The zero-order valence-corrected chi connectivity index (χ0v) is 19.2. The van der Waals surface area contributed by atoms with E-state index in [-0.39, 0.29) is 11.8 Å². The van der Waals surface area contributed by atoms with Crippen molar-refractivity contribution < 1.29 is 14.3 Å². The summed E-state index contributed by atoms with van der Waals surface area (Å²) in [4.78, 5) is 17.9. The zero-order valence-electron chi connectivity index (χ0n) is 18.4. The molecule has 2 aromatic heterocycles. The molecule has 32 heavy (non-hydrogen) atoms. The van der Waals surface area contributed by atoms with Crippen molar-refractivity contribution in [2.45, 2.75) is 38.8 Å². The molecular formula is C24H30N4O3S. The van der Waals surface area contributed by atoms with Crippen molar-refractivity contribution >= 4 is 17.2 Å². The van der Waals surface area contributed by atoms with E-state index in [0.29, 0.717) is 31.4 Å². The number of hydrogen-bond acceptors (Lipinski definition) is 7. The second-order valence-corrected chi connectivity index (χ2v) is 9.21. The van der Waals surface area contributed by atoms with Gasteiger partial charge in [0.1, 0.15) is 0 Å². The molecule has 7 nitrogen and oxygen atoms in total. The molecule has 1 N–H and O–H groups in total. The highest BCUT2D eigenvalue weighted by Crippen LogP contribution is 2.30. The fraction of sp³-hybridized carbons (Fsp3) is 0.458. The number of aliphatic hydroxyl groups excluding tert-OH is 1.